The molecule has 0 atom stereocenters. The Labute approximate surface area is 126 Å². The van der Waals surface area contributed by atoms with E-state index in [0.717, 1.165) is 42.6 Å². The van der Waals surface area contributed by atoms with Gasteiger partial charge in [0.05, 0.1) is 10.7 Å². The average molecular weight is 298 g/mol. The monoisotopic (exact) mass is 297 g/mol. The molecule has 0 aliphatic heterocycles. The van der Waals surface area contributed by atoms with Crippen molar-refractivity contribution in [2.24, 2.45) is 0 Å². The van der Waals surface area contributed by atoms with Gasteiger partial charge in [-0.1, -0.05) is 18.0 Å². The van der Waals surface area contributed by atoms with Crippen LogP contribution in [0.3, 0.4) is 0 Å². The van der Waals surface area contributed by atoms with Gasteiger partial charge in [0.15, 0.2) is 0 Å². The molecule has 1 heterocycles. The van der Waals surface area contributed by atoms with Crippen LogP contribution in [0.15, 0.2) is 12.1 Å². The number of nitrogens with zero attached hydrogens (tertiary/aromatic N) is 2. The van der Waals surface area contributed by atoms with Crippen molar-refractivity contribution in [2.45, 2.75) is 45.2 Å². The van der Waals surface area contributed by atoms with Gasteiger partial charge in [-0.3, -0.25) is 4.90 Å². The number of halogens is 1. The molecule has 1 saturated carbocycles. The first-order valence-corrected chi connectivity index (χ1v) is 7.86. The van der Waals surface area contributed by atoms with Crippen molar-refractivity contribution >= 4 is 17.4 Å². The lowest BCUT2D eigenvalue weighted by atomic mass is 9.91. The topological polar surface area (TPSA) is 48.4 Å². The zero-order chi connectivity index (χ0) is 14.4. The molecule has 1 fully saturated rings. The summed E-state index contributed by atoms with van der Waals surface area (Å²) in [7, 11) is 0. The number of nitrogens with one attached hydrogen (secondary N) is 1. The first-order valence-electron chi connectivity index (χ1n) is 7.48. The van der Waals surface area contributed by atoms with E-state index in [1.165, 1.54) is 19.3 Å². The van der Waals surface area contributed by atoms with Gasteiger partial charge in [0.1, 0.15) is 5.82 Å². The predicted octanol–water partition coefficient (Wildman–Crippen LogP) is 2.90. The number of hydrogen-bond acceptors (Lipinski definition) is 4. The summed E-state index contributed by atoms with van der Waals surface area (Å²) in [6.07, 6.45) is 4.60. The van der Waals surface area contributed by atoms with Crippen LogP contribution in [0.25, 0.3) is 0 Å². The lowest BCUT2D eigenvalue weighted by molar-refractivity contribution is 0.108. The molecule has 0 saturated heterocycles. The summed E-state index contributed by atoms with van der Waals surface area (Å²) in [5.74, 6) is 0.877. The van der Waals surface area contributed by atoms with Crippen LogP contribution in [0, 0.1) is 0 Å². The quantitative estimate of drug-likeness (QED) is 0.774. The van der Waals surface area contributed by atoms with Gasteiger partial charge in [-0.15, -0.1) is 0 Å². The van der Waals surface area contributed by atoms with Crippen LogP contribution < -0.4 is 5.32 Å². The van der Waals surface area contributed by atoms with E-state index >= 15 is 0 Å². The SMILES string of the molecule is CCNc1ccc(Cl)c(CN(CCCO)C2CCC2)n1. The smallest absolute Gasteiger partial charge is 0.126 e. The molecule has 4 nitrogen and oxygen atoms in total. The van der Waals surface area contributed by atoms with E-state index < -0.39 is 0 Å². The van der Waals surface area contributed by atoms with Crippen molar-refractivity contribution in [1.29, 1.82) is 0 Å². The van der Waals surface area contributed by atoms with Crippen molar-refractivity contribution in [1.82, 2.24) is 9.88 Å². The third-order valence-corrected chi connectivity index (χ3v) is 4.17. The summed E-state index contributed by atoms with van der Waals surface area (Å²) in [6, 6.07) is 4.45. The molecular weight excluding hydrogens is 274 g/mol. The van der Waals surface area contributed by atoms with E-state index in [0.29, 0.717) is 6.04 Å². The van der Waals surface area contributed by atoms with Gasteiger partial charge in [0.2, 0.25) is 0 Å². The maximum Gasteiger partial charge on any atom is 0.126 e. The fourth-order valence-corrected chi connectivity index (χ4v) is 2.65. The summed E-state index contributed by atoms with van der Waals surface area (Å²) >= 11 is 6.27. The Morgan fingerprint density at radius 3 is 2.85 bits per heavy atom. The normalized spacial score (nSPS) is 15.4. The number of anilines is 1. The predicted molar refractivity (Wildman–Crippen MR) is 83.2 cm³/mol. The van der Waals surface area contributed by atoms with Gasteiger partial charge in [-0.2, -0.15) is 0 Å². The highest BCUT2D eigenvalue weighted by Gasteiger charge is 2.25. The summed E-state index contributed by atoms with van der Waals surface area (Å²) in [5.41, 5.74) is 0.926. The summed E-state index contributed by atoms with van der Waals surface area (Å²) in [5, 5.41) is 13.0. The molecule has 112 valence electrons. The molecular formula is C15H24ClN3O. The van der Waals surface area contributed by atoms with Gasteiger partial charge >= 0.3 is 0 Å². The molecule has 2 N–H and O–H groups in total. The second kappa shape index (κ2) is 7.81. The molecule has 0 bridgehead atoms. The molecule has 1 aromatic rings. The van der Waals surface area contributed by atoms with Crippen molar-refractivity contribution in [3.8, 4) is 0 Å². The molecule has 0 radical (unpaired) electrons. The second-order valence-electron chi connectivity index (χ2n) is 5.29. The lowest BCUT2D eigenvalue weighted by Gasteiger charge is -2.37. The molecule has 20 heavy (non-hydrogen) atoms. The zero-order valence-corrected chi connectivity index (χ0v) is 12.9. The Morgan fingerprint density at radius 2 is 2.25 bits per heavy atom. The van der Waals surface area contributed by atoms with E-state index in [4.69, 9.17) is 16.7 Å². The van der Waals surface area contributed by atoms with Crippen LogP contribution >= 0.6 is 11.6 Å². The highest BCUT2D eigenvalue weighted by Crippen LogP contribution is 2.28. The minimum absolute atomic E-state index is 0.238. The third kappa shape index (κ3) is 4.08. The fourth-order valence-electron chi connectivity index (χ4n) is 2.48. The molecule has 0 spiro atoms. The van der Waals surface area contributed by atoms with E-state index in [9.17, 15) is 0 Å². The van der Waals surface area contributed by atoms with Gasteiger partial charge in [0.25, 0.3) is 0 Å². The maximum atomic E-state index is 9.04. The van der Waals surface area contributed by atoms with Crippen LogP contribution in [0.5, 0.6) is 0 Å². The first kappa shape index (κ1) is 15.5. The summed E-state index contributed by atoms with van der Waals surface area (Å²) < 4.78 is 0. The Morgan fingerprint density at radius 1 is 1.45 bits per heavy atom. The van der Waals surface area contributed by atoms with E-state index in [2.05, 4.69) is 22.1 Å². The zero-order valence-electron chi connectivity index (χ0n) is 12.1. The van der Waals surface area contributed by atoms with Crippen LogP contribution in [-0.2, 0) is 6.54 Å². The van der Waals surface area contributed by atoms with Crippen LogP contribution in [0.2, 0.25) is 5.02 Å². The lowest BCUT2D eigenvalue weighted by Crippen LogP contribution is -2.40. The number of aliphatic hydroxyl groups excluding tert-OH is 1. The standard InChI is InChI=1S/C15H24ClN3O/c1-2-17-15-8-7-13(16)14(18-15)11-19(9-4-10-20)12-5-3-6-12/h7-8,12,20H,2-6,9-11H2,1H3,(H,17,18). The highest BCUT2D eigenvalue weighted by molar-refractivity contribution is 6.31. The Kier molecular flexibility index (Phi) is 6.07. The second-order valence-corrected chi connectivity index (χ2v) is 5.69. The molecule has 1 aromatic heterocycles. The van der Waals surface area contributed by atoms with Crippen molar-refractivity contribution < 1.29 is 5.11 Å². The van der Waals surface area contributed by atoms with Gasteiger partial charge in [-0.25, -0.2) is 4.98 Å². The Hall–Kier alpha value is -0.840. The maximum absolute atomic E-state index is 9.04. The fraction of sp³-hybridized carbons (Fsp3) is 0.667. The summed E-state index contributed by atoms with van der Waals surface area (Å²) in [6.45, 7) is 4.82. The van der Waals surface area contributed by atoms with Gasteiger partial charge in [0, 0.05) is 32.3 Å². The van der Waals surface area contributed by atoms with Crippen LogP contribution in [0.4, 0.5) is 5.82 Å². The summed E-state index contributed by atoms with van der Waals surface area (Å²) in [4.78, 5) is 7.01. The average Bonchev–Trinajstić information content (AvgIpc) is 2.38. The molecule has 1 aliphatic carbocycles. The number of hydrogen-bond donors (Lipinski definition) is 2. The molecule has 0 unspecified atom stereocenters. The minimum Gasteiger partial charge on any atom is -0.396 e. The van der Waals surface area contributed by atoms with E-state index in [1.54, 1.807) is 0 Å². The Bertz CT molecular complexity index is 424. The minimum atomic E-state index is 0.238. The van der Waals surface area contributed by atoms with Crippen molar-refractivity contribution in [2.75, 3.05) is 25.0 Å². The van der Waals surface area contributed by atoms with Crippen LogP contribution in [-0.4, -0.2) is 40.7 Å². The van der Waals surface area contributed by atoms with Crippen molar-refractivity contribution in [3.05, 3.63) is 22.8 Å². The largest absolute Gasteiger partial charge is 0.396 e. The highest BCUT2D eigenvalue weighted by atomic mass is 35.5. The van der Waals surface area contributed by atoms with Gasteiger partial charge in [-0.05, 0) is 38.3 Å². The van der Waals surface area contributed by atoms with Gasteiger partial charge < -0.3 is 10.4 Å². The number of rotatable bonds is 8. The molecule has 2 rings (SSSR count). The molecule has 1 aliphatic rings. The molecule has 0 amide bonds. The van der Waals surface area contributed by atoms with E-state index in [-0.39, 0.29) is 6.61 Å². The van der Waals surface area contributed by atoms with Crippen LogP contribution in [0.1, 0.15) is 38.3 Å². The van der Waals surface area contributed by atoms with Crippen molar-refractivity contribution in [3.63, 3.8) is 0 Å². The van der Waals surface area contributed by atoms with E-state index in [1.807, 2.05) is 12.1 Å². The Balaban J connectivity index is 2.05. The number of pyridine rings is 1. The number of aliphatic hydroxyl groups is 1. The molecule has 0 aromatic carbocycles. The molecule has 5 heteroatoms. The number of aromatic nitrogens is 1. The first-order chi connectivity index (χ1) is 9.74. The third-order valence-electron chi connectivity index (χ3n) is 3.82.